The highest BCUT2D eigenvalue weighted by Gasteiger charge is 2.19. The van der Waals surface area contributed by atoms with Gasteiger partial charge in [-0.05, 0) is 12.1 Å². The third-order valence-corrected chi connectivity index (χ3v) is 3.14. The zero-order valence-electron chi connectivity index (χ0n) is 14.7. The second kappa shape index (κ2) is 9.37. The van der Waals surface area contributed by atoms with Gasteiger partial charge in [-0.3, -0.25) is 4.79 Å². The lowest BCUT2D eigenvalue weighted by Gasteiger charge is -2.07. The van der Waals surface area contributed by atoms with Gasteiger partial charge in [-0.2, -0.15) is 4.98 Å². The zero-order chi connectivity index (χ0) is 18.9. The summed E-state index contributed by atoms with van der Waals surface area (Å²) in [6.07, 6.45) is 0. The SMILES string of the molecule is COC(=O)c1nc(Nc2ccccc2OC)nn1COCCOC(C)=O. The predicted molar refractivity (Wildman–Crippen MR) is 90.2 cm³/mol. The Morgan fingerprint density at radius 1 is 1.19 bits per heavy atom. The monoisotopic (exact) mass is 364 g/mol. The largest absolute Gasteiger partial charge is 0.495 e. The molecule has 0 unspecified atom stereocenters. The summed E-state index contributed by atoms with van der Waals surface area (Å²) in [4.78, 5) is 26.7. The Labute approximate surface area is 150 Å². The quantitative estimate of drug-likeness (QED) is 0.520. The van der Waals surface area contributed by atoms with E-state index in [2.05, 4.69) is 15.4 Å². The molecule has 0 aliphatic rings. The van der Waals surface area contributed by atoms with Crippen LogP contribution in [0.2, 0.25) is 0 Å². The molecule has 10 heteroatoms. The van der Waals surface area contributed by atoms with Crippen molar-refractivity contribution in [2.24, 2.45) is 0 Å². The Hall–Kier alpha value is -3.14. The smallest absolute Gasteiger partial charge is 0.375 e. The van der Waals surface area contributed by atoms with E-state index in [1.807, 2.05) is 12.1 Å². The molecular weight excluding hydrogens is 344 g/mol. The normalized spacial score (nSPS) is 10.3. The van der Waals surface area contributed by atoms with Crippen molar-refractivity contribution in [3.63, 3.8) is 0 Å². The summed E-state index contributed by atoms with van der Waals surface area (Å²) in [5, 5.41) is 7.17. The number of nitrogens with one attached hydrogen (secondary N) is 1. The number of hydrogen-bond donors (Lipinski definition) is 1. The summed E-state index contributed by atoms with van der Waals surface area (Å²) < 4.78 is 21.3. The number of carbonyl (C=O) groups is 2. The summed E-state index contributed by atoms with van der Waals surface area (Å²) in [7, 11) is 2.79. The van der Waals surface area contributed by atoms with Crippen molar-refractivity contribution in [2.75, 3.05) is 32.8 Å². The summed E-state index contributed by atoms with van der Waals surface area (Å²) in [5.74, 6) is -0.306. The standard InChI is InChI=1S/C16H20N4O6/c1-11(21)26-9-8-25-10-20-14(15(22)24-3)18-16(19-20)17-12-6-4-5-7-13(12)23-2/h4-7H,8-10H2,1-3H3,(H,17,19). The molecule has 0 aliphatic carbocycles. The first-order valence-corrected chi connectivity index (χ1v) is 7.69. The number of nitrogens with zero attached hydrogens (tertiary/aromatic N) is 3. The minimum atomic E-state index is -0.658. The van der Waals surface area contributed by atoms with Crippen LogP contribution >= 0.6 is 0 Å². The molecule has 0 spiro atoms. The van der Waals surface area contributed by atoms with E-state index in [0.29, 0.717) is 11.4 Å². The van der Waals surface area contributed by atoms with Crippen LogP contribution in [0.1, 0.15) is 17.5 Å². The molecule has 2 rings (SSSR count). The van der Waals surface area contributed by atoms with Gasteiger partial charge in [0, 0.05) is 6.92 Å². The number of rotatable bonds is 9. The molecule has 0 saturated heterocycles. The van der Waals surface area contributed by atoms with E-state index in [1.165, 1.54) is 18.7 Å². The second-order valence-electron chi connectivity index (χ2n) is 4.95. The van der Waals surface area contributed by atoms with Gasteiger partial charge in [0.05, 0.1) is 26.5 Å². The molecule has 0 radical (unpaired) electrons. The van der Waals surface area contributed by atoms with Crippen LogP contribution in [-0.2, 0) is 25.7 Å². The summed E-state index contributed by atoms with van der Waals surface area (Å²) in [6.45, 7) is 1.49. The molecule has 0 atom stereocenters. The fraction of sp³-hybridized carbons (Fsp3) is 0.375. The summed E-state index contributed by atoms with van der Waals surface area (Å²) in [6, 6.07) is 7.21. The Bertz CT molecular complexity index is 761. The van der Waals surface area contributed by atoms with E-state index in [4.69, 9.17) is 18.9 Å². The molecule has 0 aliphatic heterocycles. The van der Waals surface area contributed by atoms with Crippen molar-refractivity contribution in [3.8, 4) is 5.75 Å². The van der Waals surface area contributed by atoms with Crippen LogP contribution in [0.15, 0.2) is 24.3 Å². The van der Waals surface area contributed by atoms with Gasteiger partial charge in [-0.25, -0.2) is 9.48 Å². The van der Waals surface area contributed by atoms with Crippen molar-refractivity contribution >= 4 is 23.6 Å². The van der Waals surface area contributed by atoms with Gasteiger partial charge >= 0.3 is 11.9 Å². The average molecular weight is 364 g/mol. The van der Waals surface area contributed by atoms with Gasteiger partial charge < -0.3 is 24.3 Å². The van der Waals surface area contributed by atoms with Crippen molar-refractivity contribution in [1.29, 1.82) is 0 Å². The minimum absolute atomic E-state index is 0.0302. The number of ether oxygens (including phenoxy) is 4. The fourth-order valence-electron chi connectivity index (χ4n) is 1.99. The molecule has 0 fully saturated rings. The van der Waals surface area contributed by atoms with Crippen LogP contribution in [0.5, 0.6) is 5.75 Å². The average Bonchev–Trinajstić information content (AvgIpc) is 3.03. The number of para-hydroxylation sites is 2. The first-order valence-electron chi connectivity index (χ1n) is 7.69. The fourth-order valence-corrected chi connectivity index (χ4v) is 1.99. The predicted octanol–water partition coefficient (Wildman–Crippen LogP) is 1.35. The van der Waals surface area contributed by atoms with Crippen LogP contribution in [0.4, 0.5) is 11.6 Å². The van der Waals surface area contributed by atoms with Gasteiger partial charge in [0.25, 0.3) is 0 Å². The highest BCUT2D eigenvalue weighted by atomic mass is 16.6. The Balaban J connectivity index is 2.09. The van der Waals surface area contributed by atoms with Gasteiger partial charge in [0.2, 0.25) is 11.8 Å². The third kappa shape index (κ3) is 5.18. The molecule has 10 nitrogen and oxygen atoms in total. The molecule has 0 bridgehead atoms. The summed E-state index contributed by atoms with van der Waals surface area (Å²) in [5.41, 5.74) is 0.638. The van der Waals surface area contributed by atoms with Crippen molar-refractivity contribution in [2.45, 2.75) is 13.7 Å². The Kier molecular flexibility index (Phi) is 6.92. The molecule has 1 heterocycles. The lowest BCUT2D eigenvalue weighted by Crippen LogP contribution is -2.16. The maximum atomic E-state index is 11.9. The molecule has 1 aromatic carbocycles. The summed E-state index contributed by atoms with van der Waals surface area (Å²) >= 11 is 0. The minimum Gasteiger partial charge on any atom is -0.495 e. The molecule has 26 heavy (non-hydrogen) atoms. The van der Waals surface area contributed by atoms with Gasteiger partial charge in [-0.15, -0.1) is 5.10 Å². The van der Waals surface area contributed by atoms with Crippen LogP contribution in [0, 0.1) is 0 Å². The van der Waals surface area contributed by atoms with Crippen molar-refractivity contribution < 1.29 is 28.5 Å². The maximum Gasteiger partial charge on any atom is 0.375 e. The van der Waals surface area contributed by atoms with Gasteiger partial charge in [-0.1, -0.05) is 12.1 Å². The maximum absolute atomic E-state index is 11.9. The number of aromatic nitrogens is 3. The van der Waals surface area contributed by atoms with Crippen molar-refractivity contribution in [3.05, 3.63) is 30.1 Å². The molecule has 1 aromatic heterocycles. The lowest BCUT2D eigenvalue weighted by molar-refractivity contribution is -0.142. The van der Waals surface area contributed by atoms with Crippen LogP contribution in [-0.4, -0.2) is 54.1 Å². The lowest BCUT2D eigenvalue weighted by atomic mass is 10.3. The van der Waals surface area contributed by atoms with Crippen LogP contribution < -0.4 is 10.1 Å². The molecule has 1 N–H and O–H groups in total. The van der Waals surface area contributed by atoms with E-state index in [1.54, 1.807) is 19.2 Å². The molecule has 140 valence electrons. The third-order valence-electron chi connectivity index (χ3n) is 3.14. The number of carbonyl (C=O) groups excluding carboxylic acids is 2. The first-order chi connectivity index (χ1) is 12.5. The van der Waals surface area contributed by atoms with Crippen LogP contribution in [0.25, 0.3) is 0 Å². The number of benzene rings is 1. The molecular formula is C16H20N4O6. The second-order valence-corrected chi connectivity index (χ2v) is 4.95. The first kappa shape index (κ1) is 19.2. The van der Waals surface area contributed by atoms with E-state index in [-0.39, 0.29) is 31.7 Å². The van der Waals surface area contributed by atoms with E-state index in [0.717, 1.165) is 0 Å². The van der Waals surface area contributed by atoms with Crippen molar-refractivity contribution in [1.82, 2.24) is 14.8 Å². The van der Waals surface area contributed by atoms with E-state index in [9.17, 15) is 9.59 Å². The zero-order valence-corrected chi connectivity index (χ0v) is 14.7. The topological polar surface area (TPSA) is 114 Å². The Morgan fingerprint density at radius 2 is 1.96 bits per heavy atom. The number of methoxy groups -OCH3 is 2. The van der Waals surface area contributed by atoms with Crippen LogP contribution in [0.3, 0.4) is 0 Å². The highest BCUT2D eigenvalue weighted by Crippen LogP contribution is 2.25. The van der Waals surface area contributed by atoms with Gasteiger partial charge in [0.15, 0.2) is 0 Å². The number of hydrogen-bond acceptors (Lipinski definition) is 9. The number of anilines is 2. The molecule has 2 aromatic rings. The van der Waals surface area contributed by atoms with E-state index >= 15 is 0 Å². The van der Waals surface area contributed by atoms with E-state index < -0.39 is 11.9 Å². The van der Waals surface area contributed by atoms with Gasteiger partial charge in [0.1, 0.15) is 19.1 Å². The molecule has 0 saturated carbocycles. The Morgan fingerprint density at radius 3 is 2.65 bits per heavy atom. The number of esters is 2. The highest BCUT2D eigenvalue weighted by molar-refractivity contribution is 5.85. The molecule has 0 amide bonds.